The average Bonchev–Trinajstić information content (AvgIpc) is 3.39. The predicted molar refractivity (Wildman–Crippen MR) is 98.6 cm³/mol. The lowest BCUT2D eigenvalue weighted by molar-refractivity contribution is 0.0490. The molecule has 0 aliphatic heterocycles. The summed E-state index contributed by atoms with van der Waals surface area (Å²) in [4.78, 5) is 15.9. The van der Waals surface area contributed by atoms with Crippen molar-refractivity contribution in [2.24, 2.45) is 0 Å². The van der Waals surface area contributed by atoms with Crippen molar-refractivity contribution >= 4 is 11.5 Å². The second kappa shape index (κ2) is 7.12. The fourth-order valence-corrected chi connectivity index (χ4v) is 3.25. The van der Waals surface area contributed by atoms with Crippen LogP contribution in [0.3, 0.4) is 0 Å². The quantitative estimate of drug-likeness (QED) is 0.469. The van der Waals surface area contributed by atoms with E-state index in [1.165, 1.54) is 6.20 Å². The van der Waals surface area contributed by atoms with Crippen LogP contribution in [0, 0.1) is 13.8 Å². The van der Waals surface area contributed by atoms with E-state index in [1.54, 1.807) is 49.8 Å². The highest BCUT2D eigenvalue weighted by Gasteiger charge is 2.22. The Morgan fingerprint density at radius 1 is 1.31 bits per heavy atom. The molecular formula is C19H17F2N5O3. The van der Waals surface area contributed by atoms with Crippen LogP contribution in [0.15, 0.2) is 35.1 Å². The number of rotatable bonds is 5. The summed E-state index contributed by atoms with van der Waals surface area (Å²) >= 11 is 0. The van der Waals surface area contributed by atoms with E-state index in [1.807, 2.05) is 0 Å². The van der Waals surface area contributed by atoms with Crippen LogP contribution in [0.1, 0.15) is 35.4 Å². The number of carbonyl (C=O) groups is 1. The Morgan fingerprint density at radius 3 is 2.79 bits per heavy atom. The zero-order valence-electron chi connectivity index (χ0n) is 15.9. The Hall–Kier alpha value is -3.56. The molecule has 29 heavy (non-hydrogen) atoms. The number of halogens is 2. The van der Waals surface area contributed by atoms with Gasteiger partial charge in [0.15, 0.2) is 0 Å². The molecule has 0 amide bonds. The van der Waals surface area contributed by atoms with E-state index in [0.29, 0.717) is 38.3 Å². The summed E-state index contributed by atoms with van der Waals surface area (Å²) in [5.41, 5.74) is 3.34. The molecule has 150 valence electrons. The normalized spacial score (nSPS) is 11.5. The molecule has 0 aromatic carbocycles. The number of pyridine rings is 1. The number of aromatic nitrogens is 5. The molecule has 0 unspecified atom stereocenters. The van der Waals surface area contributed by atoms with Gasteiger partial charge >= 0.3 is 12.5 Å². The van der Waals surface area contributed by atoms with Gasteiger partial charge in [-0.25, -0.2) is 19.0 Å². The van der Waals surface area contributed by atoms with Crippen LogP contribution in [0.2, 0.25) is 0 Å². The van der Waals surface area contributed by atoms with Crippen molar-refractivity contribution in [1.82, 2.24) is 24.4 Å². The van der Waals surface area contributed by atoms with Gasteiger partial charge in [-0.3, -0.25) is 0 Å². The number of oxazole rings is 1. The molecule has 4 heterocycles. The second-order valence-electron chi connectivity index (χ2n) is 6.32. The van der Waals surface area contributed by atoms with Gasteiger partial charge in [0, 0.05) is 28.6 Å². The number of fused-ring (bicyclic) bond motifs is 1. The van der Waals surface area contributed by atoms with Crippen LogP contribution in [-0.4, -0.2) is 37.0 Å². The minimum Gasteiger partial charge on any atom is -0.460 e. The molecule has 0 saturated carbocycles. The molecule has 4 aromatic rings. The van der Waals surface area contributed by atoms with Crippen LogP contribution < -0.4 is 0 Å². The molecule has 0 bridgehead atoms. The van der Waals surface area contributed by atoms with Crippen LogP contribution in [0.25, 0.3) is 28.1 Å². The number of alkyl halides is 2. The zero-order valence-corrected chi connectivity index (χ0v) is 15.9. The lowest BCUT2D eigenvalue weighted by Gasteiger charge is -2.04. The highest BCUT2D eigenvalue weighted by atomic mass is 19.3. The molecular weight excluding hydrogens is 384 g/mol. The van der Waals surface area contributed by atoms with E-state index in [-0.39, 0.29) is 18.3 Å². The number of ether oxygens (including phenoxy) is 1. The first-order valence-electron chi connectivity index (χ1n) is 8.85. The molecule has 0 atom stereocenters. The number of esters is 1. The Bertz CT molecular complexity index is 1210. The molecule has 8 nitrogen and oxygen atoms in total. The van der Waals surface area contributed by atoms with Gasteiger partial charge in [-0.1, -0.05) is 0 Å². The van der Waals surface area contributed by atoms with Crippen molar-refractivity contribution in [2.45, 2.75) is 27.3 Å². The van der Waals surface area contributed by atoms with Gasteiger partial charge < -0.3 is 9.15 Å². The summed E-state index contributed by atoms with van der Waals surface area (Å²) in [6, 6.07) is 3.49. The summed E-state index contributed by atoms with van der Waals surface area (Å²) in [6.07, 6.45) is 4.60. The predicted octanol–water partition coefficient (Wildman–Crippen LogP) is 4.04. The topological polar surface area (TPSA) is 87.5 Å². The van der Waals surface area contributed by atoms with E-state index in [2.05, 4.69) is 15.2 Å². The average molecular weight is 401 g/mol. The first-order chi connectivity index (χ1) is 13.9. The molecule has 0 saturated heterocycles. The minimum atomic E-state index is -2.73. The lowest BCUT2D eigenvalue weighted by atomic mass is 10.0. The number of nitrogens with zero attached hydrogens (tertiary/aromatic N) is 5. The number of aryl methyl sites for hydroxylation is 1. The standard InChI is InChI=1S/C19H17F2N5O3/c1-4-28-18(27)15-9-22-17(29-15)12-5-6-25-14(7-12)13(8-23-25)16-10(2)24-26(11(16)3)19(20)21/h5-9,19H,4H2,1-3H3. The summed E-state index contributed by atoms with van der Waals surface area (Å²) in [6.45, 7) is 2.46. The van der Waals surface area contributed by atoms with Crippen molar-refractivity contribution in [1.29, 1.82) is 0 Å². The van der Waals surface area contributed by atoms with E-state index >= 15 is 0 Å². The van der Waals surface area contributed by atoms with Crippen molar-refractivity contribution in [3.8, 4) is 22.6 Å². The van der Waals surface area contributed by atoms with Crippen molar-refractivity contribution in [2.75, 3.05) is 6.61 Å². The molecule has 4 aromatic heterocycles. The highest BCUT2D eigenvalue weighted by molar-refractivity contribution is 5.87. The SMILES string of the molecule is CCOC(=O)c1cnc(-c2ccn3ncc(-c4c(C)nn(C(F)F)c4C)c3c2)o1. The van der Waals surface area contributed by atoms with Gasteiger partial charge in [-0.15, -0.1) is 0 Å². The monoisotopic (exact) mass is 401 g/mol. The van der Waals surface area contributed by atoms with Gasteiger partial charge in [0.1, 0.15) is 0 Å². The number of carbonyl (C=O) groups excluding carboxylic acids is 1. The molecule has 0 N–H and O–H groups in total. The van der Waals surface area contributed by atoms with Crippen molar-refractivity contribution in [3.05, 3.63) is 47.9 Å². The lowest BCUT2D eigenvalue weighted by Crippen LogP contribution is -2.02. The van der Waals surface area contributed by atoms with E-state index in [9.17, 15) is 13.6 Å². The van der Waals surface area contributed by atoms with E-state index < -0.39 is 12.5 Å². The maximum atomic E-state index is 13.2. The first-order valence-corrected chi connectivity index (χ1v) is 8.85. The van der Waals surface area contributed by atoms with Gasteiger partial charge in [0.2, 0.25) is 11.7 Å². The fraction of sp³-hybridized carbons (Fsp3) is 0.263. The summed E-state index contributed by atoms with van der Waals surface area (Å²) < 4.78 is 39.1. The van der Waals surface area contributed by atoms with Crippen LogP contribution in [-0.2, 0) is 4.74 Å². The number of hydrogen-bond acceptors (Lipinski definition) is 6. The van der Waals surface area contributed by atoms with E-state index in [0.717, 1.165) is 0 Å². The Labute approximate surface area is 163 Å². The van der Waals surface area contributed by atoms with Gasteiger partial charge in [0.05, 0.1) is 30.2 Å². The first kappa shape index (κ1) is 18.8. The maximum Gasteiger partial charge on any atom is 0.375 e. The molecule has 4 rings (SSSR count). The Kier molecular flexibility index (Phi) is 4.61. The van der Waals surface area contributed by atoms with Crippen LogP contribution >= 0.6 is 0 Å². The van der Waals surface area contributed by atoms with Crippen molar-refractivity contribution < 1.29 is 22.7 Å². The Balaban J connectivity index is 1.80. The smallest absolute Gasteiger partial charge is 0.375 e. The summed E-state index contributed by atoms with van der Waals surface area (Å²) in [5.74, 6) is -0.359. The third-order valence-electron chi connectivity index (χ3n) is 4.53. The van der Waals surface area contributed by atoms with Crippen LogP contribution in [0.4, 0.5) is 8.78 Å². The fourth-order valence-electron chi connectivity index (χ4n) is 3.25. The molecule has 0 fully saturated rings. The van der Waals surface area contributed by atoms with Gasteiger partial charge in [-0.05, 0) is 32.9 Å². The number of hydrogen-bond donors (Lipinski definition) is 0. The summed E-state index contributed by atoms with van der Waals surface area (Å²) in [5, 5.41) is 8.23. The molecule has 0 aliphatic rings. The molecule has 0 aliphatic carbocycles. The third-order valence-corrected chi connectivity index (χ3v) is 4.53. The molecule has 0 spiro atoms. The molecule has 0 radical (unpaired) electrons. The highest BCUT2D eigenvalue weighted by Crippen LogP contribution is 2.33. The minimum absolute atomic E-state index is 0.000327. The Morgan fingerprint density at radius 2 is 2.10 bits per heavy atom. The van der Waals surface area contributed by atoms with Gasteiger partial charge in [-0.2, -0.15) is 19.0 Å². The molecule has 10 heteroatoms. The van der Waals surface area contributed by atoms with Crippen molar-refractivity contribution in [3.63, 3.8) is 0 Å². The second-order valence-corrected chi connectivity index (χ2v) is 6.32. The largest absolute Gasteiger partial charge is 0.460 e. The third kappa shape index (κ3) is 3.16. The maximum absolute atomic E-state index is 13.2. The van der Waals surface area contributed by atoms with E-state index in [4.69, 9.17) is 9.15 Å². The zero-order chi connectivity index (χ0) is 20.7. The van der Waals surface area contributed by atoms with Gasteiger partial charge in [0.25, 0.3) is 0 Å². The summed E-state index contributed by atoms with van der Waals surface area (Å²) in [7, 11) is 0. The van der Waals surface area contributed by atoms with Crippen LogP contribution in [0.5, 0.6) is 0 Å².